The maximum absolute atomic E-state index is 12.9. The number of nitrogens with zero attached hydrogens (tertiary/aromatic N) is 1. The van der Waals surface area contributed by atoms with Gasteiger partial charge in [0.2, 0.25) is 0 Å². The molecule has 0 spiro atoms. The zero-order valence-corrected chi connectivity index (χ0v) is 12.9. The molecule has 0 aliphatic carbocycles. The van der Waals surface area contributed by atoms with Crippen LogP contribution in [-0.4, -0.2) is 35.7 Å². The smallest absolute Gasteiger partial charge is 0.410 e. The van der Waals surface area contributed by atoms with Crippen molar-refractivity contribution in [1.82, 2.24) is 4.90 Å². The fraction of sp³-hybridized carbons (Fsp3) is 0.562. The number of benzene rings is 1. The highest BCUT2D eigenvalue weighted by molar-refractivity contribution is 5.68. The molecule has 1 aliphatic heterocycles. The van der Waals surface area contributed by atoms with E-state index >= 15 is 0 Å². The van der Waals surface area contributed by atoms with E-state index in [9.17, 15) is 9.18 Å². The number of rotatable bonds is 2. The fourth-order valence-corrected chi connectivity index (χ4v) is 2.37. The molecule has 1 aromatic carbocycles. The summed E-state index contributed by atoms with van der Waals surface area (Å²) in [5, 5.41) is 3.34. The Kier molecular flexibility index (Phi) is 4.70. The van der Waals surface area contributed by atoms with Crippen LogP contribution in [0.25, 0.3) is 0 Å². The van der Waals surface area contributed by atoms with Gasteiger partial charge in [0.05, 0.1) is 0 Å². The number of amides is 1. The van der Waals surface area contributed by atoms with Gasteiger partial charge in [0.1, 0.15) is 11.4 Å². The van der Waals surface area contributed by atoms with Crippen molar-refractivity contribution in [3.8, 4) is 0 Å². The van der Waals surface area contributed by atoms with E-state index in [-0.39, 0.29) is 18.0 Å². The van der Waals surface area contributed by atoms with E-state index < -0.39 is 5.60 Å². The van der Waals surface area contributed by atoms with Gasteiger partial charge in [-0.2, -0.15) is 0 Å². The largest absolute Gasteiger partial charge is 0.444 e. The molecule has 1 N–H and O–H groups in total. The maximum Gasteiger partial charge on any atom is 0.410 e. The van der Waals surface area contributed by atoms with Crippen LogP contribution in [0.4, 0.5) is 14.9 Å². The summed E-state index contributed by atoms with van der Waals surface area (Å²) >= 11 is 0. The highest BCUT2D eigenvalue weighted by atomic mass is 19.1. The van der Waals surface area contributed by atoms with Crippen LogP contribution in [0.1, 0.15) is 33.6 Å². The molecule has 1 fully saturated rings. The van der Waals surface area contributed by atoms with Crippen molar-refractivity contribution < 1.29 is 13.9 Å². The third kappa shape index (κ3) is 4.92. The zero-order chi connectivity index (χ0) is 15.5. The topological polar surface area (TPSA) is 41.6 Å². The Bertz CT molecular complexity index is 482. The standard InChI is InChI=1S/C16H23FN2O2/c1-16(2,3)21-15(20)19-10-4-5-14(11-19)18-13-8-6-12(17)7-9-13/h6-9,14,18H,4-5,10-11H2,1-3H3/t14-/m1/s1. The molecule has 1 saturated heterocycles. The van der Waals surface area contributed by atoms with Crippen LogP contribution in [-0.2, 0) is 4.74 Å². The number of likely N-dealkylation sites (tertiary alicyclic amines) is 1. The van der Waals surface area contributed by atoms with Gasteiger partial charge in [-0.25, -0.2) is 9.18 Å². The lowest BCUT2D eigenvalue weighted by Gasteiger charge is -2.34. The summed E-state index contributed by atoms with van der Waals surface area (Å²) in [6.07, 6.45) is 1.64. The van der Waals surface area contributed by atoms with Gasteiger partial charge in [0, 0.05) is 24.8 Å². The highest BCUT2D eigenvalue weighted by Gasteiger charge is 2.27. The van der Waals surface area contributed by atoms with Crippen molar-refractivity contribution >= 4 is 11.8 Å². The van der Waals surface area contributed by atoms with Gasteiger partial charge in [-0.1, -0.05) is 0 Å². The summed E-state index contributed by atoms with van der Waals surface area (Å²) in [6, 6.07) is 6.44. The first-order chi connectivity index (χ1) is 9.83. The molecular formula is C16H23FN2O2. The minimum Gasteiger partial charge on any atom is -0.444 e. The average Bonchev–Trinajstić information content (AvgIpc) is 2.40. The van der Waals surface area contributed by atoms with Crippen molar-refractivity contribution in [1.29, 1.82) is 0 Å². The first-order valence-corrected chi connectivity index (χ1v) is 7.33. The van der Waals surface area contributed by atoms with Crippen molar-refractivity contribution in [3.05, 3.63) is 30.1 Å². The average molecular weight is 294 g/mol. The lowest BCUT2D eigenvalue weighted by atomic mass is 10.1. The SMILES string of the molecule is CC(C)(C)OC(=O)N1CCC[C@@H](Nc2ccc(F)cc2)C1. The minimum absolute atomic E-state index is 0.164. The Morgan fingerprint density at radius 2 is 2.00 bits per heavy atom. The molecule has 1 atom stereocenters. The van der Waals surface area contributed by atoms with Crippen LogP contribution in [0, 0.1) is 5.82 Å². The number of anilines is 1. The van der Waals surface area contributed by atoms with Gasteiger partial charge in [0.15, 0.2) is 0 Å². The number of piperidine rings is 1. The van der Waals surface area contributed by atoms with Crippen LogP contribution >= 0.6 is 0 Å². The van der Waals surface area contributed by atoms with Gasteiger partial charge < -0.3 is 15.0 Å². The summed E-state index contributed by atoms with van der Waals surface area (Å²) in [5.41, 5.74) is 0.390. The molecule has 0 aromatic heterocycles. The molecule has 21 heavy (non-hydrogen) atoms. The quantitative estimate of drug-likeness (QED) is 0.905. The molecule has 0 saturated carbocycles. The van der Waals surface area contributed by atoms with Gasteiger partial charge in [-0.05, 0) is 57.9 Å². The number of carbonyl (C=O) groups excluding carboxylic acids is 1. The zero-order valence-electron chi connectivity index (χ0n) is 12.9. The summed E-state index contributed by atoms with van der Waals surface area (Å²) < 4.78 is 18.3. The first kappa shape index (κ1) is 15.6. The molecule has 0 radical (unpaired) electrons. The van der Waals surface area contributed by atoms with Crippen molar-refractivity contribution in [2.45, 2.75) is 45.3 Å². The normalized spacial score (nSPS) is 19.2. The molecule has 0 bridgehead atoms. The predicted molar refractivity (Wildman–Crippen MR) is 80.9 cm³/mol. The molecule has 1 heterocycles. The first-order valence-electron chi connectivity index (χ1n) is 7.33. The maximum atomic E-state index is 12.9. The van der Waals surface area contributed by atoms with E-state index in [1.54, 1.807) is 17.0 Å². The number of nitrogens with one attached hydrogen (secondary N) is 1. The van der Waals surface area contributed by atoms with E-state index in [0.717, 1.165) is 25.1 Å². The number of hydrogen-bond donors (Lipinski definition) is 1. The van der Waals surface area contributed by atoms with E-state index in [1.165, 1.54) is 12.1 Å². The van der Waals surface area contributed by atoms with Gasteiger partial charge in [-0.15, -0.1) is 0 Å². The Morgan fingerprint density at radius 1 is 1.33 bits per heavy atom. The molecule has 2 rings (SSSR count). The summed E-state index contributed by atoms with van der Waals surface area (Å²) in [7, 11) is 0. The number of ether oxygens (including phenoxy) is 1. The molecule has 116 valence electrons. The second kappa shape index (κ2) is 6.33. The van der Waals surface area contributed by atoms with Crippen molar-refractivity contribution in [2.75, 3.05) is 18.4 Å². The van der Waals surface area contributed by atoms with Crippen LogP contribution < -0.4 is 5.32 Å². The molecule has 1 aliphatic rings. The van der Waals surface area contributed by atoms with Gasteiger partial charge >= 0.3 is 6.09 Å². The summed E-state index contributed by atoms with van der Waals surface area (Å²) in [4.78, 5) is 13.8. The summed E-state index contributed by atoms with van der Waals surface area (Å²) in [5.74, 6) is -0.250. The van der Waals surface area contributed by atoms with Crippen LogP contribution in [0.15, 0.2) is 24.3 Å². The van der Waals surface area contributed by atoms with Crippen LogP contribution in [0.2, 0.25) is 0 Å². The third-order valence-electron chi connectivity index (χ3n) is 3.29. The number of carbonyl (C=O) groups is 1. The van der Waals surface area contributed by atoms with Crippen LogP contribution in [0.3, 0.4) is 0 Å². The molecular weight excluding hydrogens is 271 g/mol. The second-order valence-corrected chi connectivity index (χ2v) is 6.42. The molecule has 0 unspecified atom stereocenters. The lowest BCUT2D eigenvalue weighted by Crippen LogP contribution is -2.46. The monoisotopic (exact) mass is 294 g/mol. The fourth-order valence-electron chi connectivity index (χ4n) is 2.37. The third-order valence-corrected chi connectivity index (χ3v) is 3.29. The molecule has 5 heteroatoms. The molecule has 4 nitrogen and oxygen atoms in total. The lowest BCUT2D eigenvalue weighted by molar-refractivity contribution is 0.0206. The minimum atomic E-state index is -0.478. The number of hydrogen-bond acceptors (Lipinski definition) is 3. The van der Waals surface area contributed by atoms with Crippen LogP contribution in [0.5, 0.6) is 0 Å². The Balaban J connectivity index is 1.91. The van der Waals surface area contributed by atoms with E-state index in [0.29, 0.717) is 6.54 Å². The number of halogens is 1. The van der Waals surface area contributed by atoms with E-state index in [1.807, 2.05) is 20.8 Å². The molecule has 1 aromatic rings. The highest BCUT2D eigenvalue weighted by Crippen LogP contribution is 2.18. The van der Waals surface area contributed by atoms with Gasteiger partial charge in [0.25, 0.3) is 0 Å². The second-order valence-electron chi connectivity index (χ2n) is 6.42. The Morgan fingerprint density at radius 3 is 2.62 bits per heavy atom. The van der Waals surface area contributed by atoms with Crippen molar-refractivity contribution in [3.63, 3.8) is 0 Å². The molecule has 1 amide bonds. The predicted octanol–water partition coefficient (Wildman–Crippen LogP) is 3.64. The van der Waals surface area contributed by atoms with E-state index in [4.69, 9.17) is 4.74 Å². The Labute approximate surface area is 125 Å². The van der Waals surface area contributed by atoms with E-state index in [2.05, 4.69) is 5.32 Å². The Hall–Kier alpha value is -1.78. The van der Waals surface area contributed by atoms with Crippen molar-refractivity contribution in [2.24, 2.45) is 0 Å². The summed E-state index contributed by atoms with van der Waals surface area (Å²) in [6.45, 7) is 6.91. The van der Waals surface area contributed by atoms with Gasteiger partial charge in [-0.3, -0.25) is 0 Å².